The number of hydrogen-bond acceptors (Lipinski definition) is 6. The summed E-state index contributed by atoms with van der Waals surface area (Å²) in [5, 5.41) is 18.0. The Morgan fingerprint density at radius 1 is 1.14 bits per heavy atom. The van der Waals surface area contributed by atoms with Crippen LogP contribution in [-0.2, 0) is 6.42 Å². The van der Waals surface area contributed by atoms with Gasteiger partial charge in [0.1, 0.15) is 5.82 Å². The average molecular weight is 312 g/mol. The van der Waals surface area contributed by atoms with Crippen LogP contribution in [0.5, 0.6) is 0 Å². The van der Waals surface area contributed by atoms with Gasteiger partial charge in [0.2, 0.25) is 5.95 Å². The van der Waals surface area contributed by atoms with Crippen molar-refractivity contribution in [3.63, 3.8) is 0 Å². The van der Waals surface area contributed by atoms with Crippen molar-refractivity contribution in [3.8, 4) is 0 Å². The molecule has 0 saturated heterocycles. The molecule has 0 atom stereocenters. The molecule has 8 nitrogen and oxygen atoms in total. The zero-order valence-electron chi connectivity index (χ0n) is 12.8. The molecule has 0 spiro atoms. The predicted octanol–water partition coefficient (Wildman–Crippen LogP) is -2.26. The largest absolute Gasteiger partial charge is 1.00 e. The van der Waals surface area contributed by atoms with Crippen LogP contribution in [0, 0.1) is 0 Å². The number of nitrogens with zero attached hydrogens (tertiary/aromatic N) is 2. The third-order valence-electron chi connectivity index (χ3n) is 2.86. The van der Waals surface area contributed by atoms with Crippen LogP contribution in [-0.4, -0.2) is 32.1 Å². The molecule has 0 unspecified atom stereocenters. The van der Waals surface area contributed by atoms with E-state index in [1.54, 1.807) is 0 Å². The monoisotopic (exact) mass is 312 g/mol. The average Bonchev–Trinajstić information content (AvgIpc) is 2.41. The molecule has 1 aromatic heterocycles. The number of carboxylic acid groups (broad SMARTS) is 2. The summed E-state index contributed by atoms with van der Waals surface area (Å²) < 4.78 is 0. The number of carboxylic acids is 2. The molecule has 0 saturated carbocycles. The molecule has 0 aliphatic rings. The molecule has 0 radical (unpaired) electrons. The second kappa shape index (κ2) is 7.21. The van der Waals surface area contributed by atoms with Gasteiger partial charge in [-0.3, -0.25) is 0 Å². The van der Waals surface area contributed by atoms with Gasteiger partial charge in [-0.05, 0) is 17.7 Å². The maximum Gasteiger partial charge on any atom is 1.00 e. The standard InChI is InChI=1S/C13H12N4O4.Na.H/c14-10-7(5-16-13(15)17-10)3-6-1-2-8(11(18)19)9(4-6)12(20)21;;/h1-2,4-5H,3H2,(H,18,19)(H,20,21)(H4,14,15,16,17);;/q;+1;-1. The summed E-state index contributed by atoms with van der Waals surface area (Å²) in [5.41, 5.74) is 11.7. The van der Waals surface area contributed by atoms with Crippen LogP contribution in [0.1, 0.15) is 33.3 Å². The molecule has 0 fully saturated rings. The molecule has 22 heavy (non-hydrogen) atoms. The van der Waals surface area contributed by atoms with Crippen molar-refractivity contribution in [2.75, 3.05) is 11.5 Å². The van der Waals surface area contributed by atoms with Crippen LogP contribution in [0.15, 0.2) is 24.4 Å². The van der Waals surface area contributed by atoms with E-state index in [1.165, 1.54) is 24.4 Å². The van der Waals surface area contributed by atoms with E-state index < -0.39 is 11.9 Å². The van der Waals surface area contributed by atoms with Gasteiger partial charge in [0.05, 0.1) is 11.1 Å². The second-order valence-corrected chi connectivity index (χ2v) is 4.31. The maximum absolute atomic E-state index is 11.1. The molecule has 0 aliphatic carbocycles. The van der Waals surface area contributed by atoms with E-state index in [-0.39, 0.29) is 60.3 Å². The fourth-order valence-electron chi connectivity index (χ4n) is 1.86. The van der Waals surface area contributed by atoms with E-state index in [2.05, 4.69) is 9.97 Å². The van der Waals surface area contributed by atoms with Crippen LogP contribution in [0.3, 0.4) is 0 Å². The molecular weight excluding hydrogens is 299 g/mol. The van der Waals surface area contributed by atoms with E-state index in [0.717, 1.165) is 0 Å². The van der Waals surface area contributed by atoms with Crippen molar-refractivity contribution in [1.82, 2.24) is 9.97 Å². The van der Waals surface area contributed by atoms with Crippen LogP contribution >= 0.6 is 0 Å². The molecule has 0 amide bonds. The van der Waals surface area contributed by atoms with Crippen molar-refractivity contribution in [1.29, 1.82) is 0 Å². The van der Waals surface area contributed by atoms with Gasteiger partial charge in [-0.25, -0.2) is 14.6 Å². The Labute approximate surface area is 149 Å². The van der Waals surface area contributed by atoms with Gasteiger partial charge < -0.3 is 23.1 Å². The Morgan fingerprint density at radius 3 is 2.32 bits per heavy atom. The molecule has 1 aromatic carbocycles. The third-order valence-corrected chi connectivity index (χ3v) is 2.86. The first-order valence-electron chi connectivity index (χ1n) is 5.85. The summed E-state index contributed by atoms with van der Waals surface area (Å²) in [5.74, 6) is -2.37. The number of anilines is 2. The molecule has 0 aliphatic heterocycles. The summed E-state index contributed by atoms with van der Waals surface area (Å²) in [7, 11) is 0. The summed E-state index contributed by atoms with van der Waals surface area (Å²) in [6.07, 6.45) is 1.72. The number of nitrogens with two attached hydrogens (primary N) is 2. The van der Waals surface area contributed by atoms with Gasteiger partial charge in [-0.15, -0.1) is 0 Å². The van der Waals surface area contributed by atoms with E-state index >= 15 is 0 Å². The Balaban J connectivity index is 0.00000242. The Hall–Kier alpha value is -2.16. The Kier molecular flexibility index (Phi) is 5.86. The van der Waals surface area contributed by atoms with Gasteiger partial charge in [-0.1, -0.05) is 6.07 Å². The van der Waals surface area contributed by atoms with Gasteiger partial charge >= 0.3 is 41.5 Å². The number of nitrogen functional groups attached to an aromatic ring is 2. The fourth-order valence-corrected chi connectivity index (χ4v) is 1.86. The van der Waals surface area contributed by atoms with Crippen molar-refractivity contribution in [2.24, 2.45) is 0 Å². The van der Waals surface area contributed by atoms with Crippen LogP contribution in [0.2, 0.25) is 0 Å². The molecule has 6 N–H and O–H groups in total. The Bertz CT molecular complexity index is 742. The second-order valence-electron chi connectivity index (χ2n) is 4.31. The van der Waals surface area contributed by atoms with Gasteiger partial charge in [0, 0.05) is 18.2 Å². The molecule has 1 heterocycles. The maximum atomic E-state index is 11.1. The van der Waals surface area contributed by atoms with E-state index in [0.29, 0.717) is 11.1 Å². The minimum absolute atomic E-state index is 0. The van der Waals surface area contributed by atoms with Gasteiger partial charge in [-0.2, -0.15) is 4.98 Å². The number of rotatable bonds is 4. The SMILES string of the molecule is Nc1ncc(Cc2ccc(C(=O)O)c(C(=O)O)c2)c(N)n1.[H-].[Na+]. The van der Waals surface area contributed by atoms with Crippen LogP contribution < -0.4 is 41.0 Å². The predicted molar refractivity (Wildman–Crippen MR) is 75.1 cm³/mol. The quantitative estimate of drug-likeness (QED) is 0.462. The van der Waals surface area contributed by atoms with E-state index in [4.69, 9.17) is 21.7 Å². The third kappa shape index (κ3) is 3.94. The van der Waals surface area contributed by atoms with Crippen molar-refractivity contribution in [2.45, 2.75) is 6.42 Å². The number of aromatic carboxylic acids is 2. The zero-order valence-corrected chi connectivity index (χ0v) is 13.8. The summed E-state index contributed by atoms with van der Waals surface area (Å²) >= 11 is 0. The molecular formula is C13H13N4NaO4. The first-order chi connectivity index (χ1) is 9.88. The first kappa shape index (κ1) is 17.9. The number of carbonyl (C=O) groups is 2. The number of benzene rings is 1. The fraction of sp³-hybridized carbons (Fsp3) is 0.0769. The number of hydrogen-bond donors (Lipinski definition) is 4. The van der Waals surface area contributed by atoms with Crippen molar-refractivity contribution < 1.29 is 50.8 Å². The van der Waals surface area contributed by atoms with E-state index in [9.17, 15) is 9.59 Å². The summed E-state index contributed by atoms with van der Waals surface area (Å²) in [6.45, 7) is 0. The summed E-state index contributed by atoms with van der Waals surface area (Å²) in [4.78, 5) is 29.7. The molecule has 9 heteroatoms. The van der Waals surface area contributed by atoms with Crippen LogP contribution in [0.25, 0.3) is 0 Å². The van der Waals surface area contributed by atoms with E-state index in [1.807, 2.05) is 0 Å². The minimum atomic E-state index is -1.31. The van der Waals surface area contributed by atoms with Gasteiger partial charge in [0.25, 0.3) is 0 Å². The van der Waals surface area contributed by atoms with Crippen molar-refractivity contribution in [3.05, 3.63) is 46.6 Å². The van der Waals surface area contributed by atoms with Gasteiger partial charge in [0.15, 0.2) is 0 Å². The minimum Gasteiger partial charge on any atom is -1.00 e. The first-order valence-corrected chi connectivity index (χ1v) is 5.85. The molecule has 2 rings (SSSR count). The smallest absolute Gasteiger partial charge is 1.00 e. The molecule has 2 aromatic rings. The normalized spacial score (nSPS) is 9.82. The van der Waals surface area contributed by atoms with Crippen LogP contribution in [0.4, 0.5) is 11.8 Å². The van der Waals surface area contributed by atoms with Crippen molar-refractivity contribution >= 4 is 23.7 Å². The number of aromatic nitrogens is 2. The Morgan fingerprint density at radius 2 is 1.77 bits per heavy atom. The summed E-state index contributed by atoms with van der Waals surface area (Å²) in [6, 6.07) is 4.06. The molecule has 0 bridgehead atoms. The molecule has 110 valence electrons. The zero-order chi connectivity index (χ0) is 15.6. The topological polar surface area (TPSA) is 152 Å².